The van der Waals surface area contributed by atoms with Crippen LogP contribution in [0, 0.1) is 9.39 Å². The summed E-state index contributed by atoms with van der Waals surface area (Å²) in [6.45, 7) is -0.531. The third-order valence-electron chi connectivity index (χ3n) is 3.90. The molecule has 4 amide bonds. The fourth-order valence-electron chi connectivity index (χ4n) is 2.55. The molecule has 0 spiro atoms. The molecule has 1 saturated heterocycles. The minimum Gasteiger partial charge on any atom is -0.496 e. The maximum atomic E-state index is 13.6. The summed E-state index contributed by atoms with van der Waals surface area (Å²) in [6, 6.07) is 10.2. The molecule has 7 nitrogen and oxygen atoms in total. The molecule has 0 aromatic heterocycles. The van der Waals surface area contributed by atoms with Crippen molar-refractivity contribution in [3.8, 4) is 5.75 Å². The summed E-state index contributed by atoms with van der Waals surface area (Å²) in [4.78, 5) is 37.4. The molecule has 0 unspecified atom stereocenters. The molecule has 0 bridgehead atoms. The van der Waals surface area contributed by atoms with Crippen LogP contribution < -0.4 is 15.4 Å². The lowest BCUT2D eigenvalue weighted by Crippen LogP contribution is -2.38. The minimum atomic E-state index is -0.719. The Hall–Kier alpha value is -2.95. The predicted molar refractivity (Wildman–Crippen MR) is 109 cm³/mol. The number of methoxy groups -OCH3 is 1. The number of carbonyl (C=O) groups excluding carboxylic acids is 3. The van der Waals surface area contributed by atoms with E-state index in [1.807, 2.05) is 0 Å². The van der Waals surface area contributed by atoms with Crippen molar-refractivity contribution in [1.29, 1.82) is 0 Å². The lowest BCUT2D eigenvalue weighted by atomic mass is 10.2. The van der Waals surface area contributed by atoms with E-state index in [9.17, 15) is 18.8 Å². The number of imide groups is 1. The molecule has 144 valence electrons. The van der Waals surface area contributed by atoms with Crippen LogP contribution in [0.1, 0.15) is 5.56 Å². The number of hydrogen-bond acceptors (Lipinski definition) is 4. The van der Waals surface area contributed by atoms with Crippen LogP contribution in [-0.4, -0.2) is 36.4 Å². The van der Waals surface area contributed by atoms with Crippen LogP contribution in [0.5, 0.6) is 5.75 Å². The summed E-state index contributed by atoms with van der Waals surface area (Å²) in [7, 11) is 1.56. The minimum absolute atomic E-state index is 0.0249. The Morgan fingerprint density at radius 2 is 2.04 bits per heavy atom. The van der Waals surface area contributed by atoms with Crippen LogP contribution in [0.4, 0.5) is 14.9 Å². The van der Waals surface area contributed by atoms with Crippen molar-refractivity contribution >= 4 is 52.2 Å². The van der Waals surface area contributed by atoms with E-state index in [1.54, 1.807) is 31.4 Å². The molecule has 2 aromatic rings. The monoisotopic (exact) mass is 495 g/mol. The number of ether oxygens (including phenoxy) is 1. The molecule has 1 aliphatic heterocycles. The van der Waals surface area contributed by atoms with Gasteiger partial charge >= 0.3 is 6.03 Å². The number of hydrogen-bond donors (Lipinski definition) is 2. The van der Waals surface area contributed by atoms with Gasteiger partial charge in [-0.05, 0) is 58.5 Å². The number of urea groups is 1. The van der Waals surface area contributed by atoms with Crippen LogP contribution >= 0.6 is 22.6 Å². The van der Waals surface area contributed by atoms with Gasteiger partial charge in [0.15, 0.2) is 0 Å². The molecule has 0 atom stereocenters. The Morgan fingerprint density at radius 1 is 1.29 bits per heavy atom. The topological polar surface area (TPSA) is 87.7 Å². The summed E-state index contributed by atoms with van der Waals surface area (Å²) in [5, 5.41) is 4.78. The van der Waals surface area contributed by atoms with E-state index in [1.165, 1.54) is 24.3 Å². The Morgan fingerprint density at radius 3 is 2.71 bits per heavy atom. The fourth-order valence-corrected chi connectivity index (χ4v) is 3.31. The highest BCUT2D eigenvalue weighted by atomic mass is 127. The van der Waals surface area contributed by atoms with E-state index in [0.717, 1.165) is 8.47 Å². The zero-order valence-electron chi connectivity index (χ0n) is 14.7. The number of nitrogens with one attached hydrogen (secondary N) is 2. The number of halogens is 2. The van der Waals surface area contributed by atoms with E-state index >= 15 is 0 Å². The Bertz CT molecular complexity index is 993. The van der Waals surface area contributed by atoms with Crippen LogP contribution in [0.3, 0.4) is 0 Å². The normalized spacial score (nSPS) is 15.0. The van der Waals surface area contributed by atoms with Crippen molar-refractivity contribution in [1.82, 2.24) is 10.2 Å². The Kier molecular flexibility index (Phi) is 5.93. The number of amides is 4. The van der Waals surface area contributed by atoms with Gasteiger partial charge in [0, 0.05) is 0 Å². The SMILES string of the molecule is COc1ccc(/C=C2/NC(=O)N(CC(=O)Nc3ccccc3F)C2=O)cc1I. The zero-order valence-corrected chi connectivity index (χ0v) is 16.8. The molecule has 1 heterocycles. The summed E-state index contributed by atoms with van der Waals surface area (Å²) in [5.74, 6) is -1.24. The second kappa shape index (κ2) is 8.38. The van der Waals surface area contributed by atoms with Crippen molar-refractivity contribution in [2.75, 3.05) is 19.0 Å². The largest absolute Gasteiger partial charge is 0.496 e. The summed E-state index contributed by atoms with van der Waals surface area (Å²) < 4.78 is 19.6. The lowest BCUT2D eigenvalue weighted by molar-refractivity contribution is -0.127. The van der Waals surface area contributed by atoms with Gasteiger partial charge in [0.05, 0.1) is 16.4 Å². The van der Waals surface area contributed by atoms with E-state index in [2.05, 4.69) is 33.2 Å². The van der Waals surface area contributed by atoms with Crippen molar-refractivity contribution in [2.45, 2.75) is 0 Å². The molecule has 0 aliphatic carbocycles. The molecular weight excluding hydrogens is 480 g/mol. The van der Waals surface area contributed by atoms with Gasteiger partial charge in [-0.2, -0.15) is 0 Å². The lowest BCUT2D eigenvalue weighted by Gasteiger charge is -2.12. The first-order valence-electron chi connectivity index (χ1n) is 8.11. The number of rotatable bonds is 5. The summed E-state index contributed by atoms with van der Waals surface area (Å²) in [5.41, 5.74) is 0.708. The smallest absolute Gasteiger partial charge is 0.329 e. The van der Waals surface area contributed by atoms with E-state index < -0.39 is 30.2 Å². The zero-order chi connectivity index (χ0) is 20.3. The average Bonchev–Trinajstić information content (AvgIpc) is 2.91. The number of anilines is 1. The maximum absolute atomic E-state index is 13.6. The highest BCUT2D eigenvalue weighted by molar-refractivity contribution is 14.1. The van der Waals surface area contributed by atoms with Crippen LogP contribution in [0.2, 0.25) is 0 Å². The van der Waals surface area contributed by atoms with Gasteiger partial charge in [-0.25, -0.2) is 14.1 Å². The van der Waals surface area contributed by atoms with Crippen molar-refractivity contribution < 1.29 is 23.5 Å². The predicted octanol–water partition coefficient (Wildman–Crippen LogP) is 2.97. The standard InChI is InChI=1S/C19H15FIN3O4/c1-28-16-7-6-11(8-13(16)21)9-15-18(26)24(19(27)23-15)10-17(25)22-14-5-3-2-4-12(14)20/h2-9H,10H2,1H3,(H,22,25)(H,23,27)/b15-9+. The maximum Gasteiger partial charge on any atom is 0.329 e. The first-order valence-corrected chi connectivity index (χ1v) is 9.19. The first-order chi connectivity index (χ1) is 13.4. The molecule has 0 radical (unpaired) electrons. The number of carbonyl (C=O) groups is 3. The van der Waals surface area contributed by atoms with Gasteiger partial charge in [0.2, 0.25) is 5.91 Å². The van der Waals surface area contributed by atoms with E-state index in [0.29, 0.717) is 11.3 Å². The highest BCUT2D eigenvalue weighted by Gasteiger charge is 2.35. The van der Waals surface area contributed by atoms with Crippen molar-refractivity contribution in [3.63, 3.8) is 0 Å². The van der Waals surface area contributed by atoms with Crippen LogP contribution in [0.15, 0.2) is 48.2 Å². The van der Waals surface area contributed by atoms with Crippen molar-refractivity contribution in [3.05, 3.63) is 63.1 Å². The fraction of sp³-hybridized carbons (Fsp3) is 0.105. The number of nitrogens with zero attached hydrogens (tertiary/aromatic N) is 1. The second-order valence-corrected chi connectivity index (χ2v) is 6.96. The van der Waals surface area contributed by atoms with Gasteiger partial charge in [-0.3, -0.25) is 9.59 Å². The second-order valence-electron chi connectivity index (χ2n) is 5.80. The van der Waals surface area contributed by atoms with Crippen LogP contribution in [0.25, 0.3) is 6.08 Å². The first kappa shape index (κ1) is 19.8. The summed E-state index contributed by atoms with van der Waals surface area (Å²) >= 11 is 2.09. The molecule has 28 heavy (non-hydrogen) atoms. The van der Waals surface area contributed by atoms with Gasteiger partial charge in [0.1, 0.15) is 23.8 Å². The number of benzene rings is 2. The third kappa shape index (κ3) is 4.30. The van der Waals surface area contributed by atoms with Gasteiger partial charge in [-0.1, -0.05) is 18.2 Å². The third-order valence-corrected chi connectivity index (χ3v) is 4.74. The van der Waals surface area contributed by atoms with E-state index in [4.69, 9.17) is 4.74 Å². The van der Waals surface area contributed by atoms with Gasteiger partial charge in [-0.15, -0.1) is 0 Å². The Labute approximate surface area is 173 Å². The Balaban J connectivity index is 1.72. The molecule has 1 aliphatic rings. The molecular formula is C19H15FIN3O4. The molecule has 3 rings (SSSR count). The summed E-state index contributed by atoms with van der Waals surface area (Å²) in [6.07, 6.45) is 1.51. The van der Waals surface area contributed by atoms with Crippen LogP contribution in [-0.2, 0) is 9.59 Å². The molecule has 0 saturated carbocycles. The highest BCUT2D eigenvalue weighted by Crippen LogP contribution is 2.23. The molecule has 2 aromatic carbocycles. The molecule has 2 N–H and O–H groups in total. The van der Waals surface area contributed by atoms with Gasteiger partial charge in [0.25, 0.3) is 5.91 Å². The van der Waals surface area contributed by atoms with Gasteiger partial charge < -0.3 is 15.4 Å². The quantitative estimate of drug-likeness (QED) is 0.380. The molecule has 9 heteroatoms. The van der Waals surface area contributed by atoms with Crippen molar-refractivity contribution in [2.24, 2.45) is 0 Å². The number of para-hydroxylation sites is 1. The average molecular weight is 495 g/mol. The van der Waals surface area contributed by atoms with E-state index in [-0.39, 0.29) is 11.4 Å². The molecule has 1 fully saturated rings.